The zero-order valence-corrected chi connectivity index (χ0v) is 22.3. The molecule has 0 aromatic heterocycles. The van der Waals surface area contributed by atoms with Crippen molar-refractivity contribution in [2.24, 2.45) is 5.14 Å². The number of sulfonamides is 1. The smallest absolute Gasteiger partial charge is 0.417 e. The van der Waals surface area contributed by atoms with Gasteiger partial charge in [-0.05, 0) is 71.5 Å². The molecular weight excluding hydrogens is 543 g/mol. The Hall–Kier alpha value is -3.83. The minimum absolute atomic E-state index is 0.0217. The molecule has 1 spiro atoms. The first-order chi connectivity index (χ1) is 18.9. The number of rotatable bonds is 6. The molecular formula is C29H28F3N3O4S. The van der Waals surface area contributed by atoms with Gasteiger partial charge in [-0.15, -0.1) is 0 Å². The minimum atomic E-state index is -4.60. The topological polar surface area (TPSA) is 102 Å². The van der Waals surface area contributed by atoms with Crippen molar-refractivity contribution in [3.63, 3.8) is 0 Å². The van der Waals surface area contributed by atoms with Gasteiger partial charge in [-0.1, -0.05) is 43.7 Å². The fourth-order valence-corrected chi connectivity index (χ4v) is 6.26. The molecule has 40 heavy (non-hydrogen) atoms. The highest BCUT2D eigenvalue weighted by atomic mass is 32.2. The van der Waals surface area contributed by atoms with E-state index in [4.69, 9.17) is 9.88 Å². The Labute approximate surface area is 230 Å². The molecule has 3 aromatic carbocycles. The van der Waals surface area contributed by atoms with Crippen LogP contribution < -0.4 is 20.1 Å². The van der Waals surface area contributed by atoms with Crippen LogP contribution in [0.25, 0.3) is 11.1 Å². The second kappa shape index (κ2) is 10.3. The fraction of sp³-hybridized carbons (Fsp3) is 0.276. The van der Waals surface area contributed by atoms with Crippen LogP contribution in [0.5, 0.6) is 5.75 Å². The number of carbonyl (C=O) groups excluding carboxylic acids is 1. The number of nitrogens with two attached hydrogens (primary N) is 1. The van der Waals surface area contributed by atoms with E-state index in [0.717, 1.165) is 43.6 Å². The van der Waals surface area contributed by atoms with Gasteiger partial charge in [0.05, 0.1) is 16.7 Å². The molecule has 1 fully saturated rings. The Morgan fingerprint density at radius 3 is 2.40 bits per heavy atom. The number of benzene rings is 3. The summed E-state index contributed by atoms with van der Waals surface area (Å²) >= 11 is 0. The Morgan fingerprint density at radius 2 is 1.77 bits per heavy atom. The molecule has 7 nitrogen and oxygen atoms in total. The van der Waals surface area contributed by atoms with Gasteiger partial charge in [0, 0.05) is 24.2 Å². The number of halogens is 3. The van der Waals surface area contributed by atoms with E-state index < -0.39 is 21.8 Å². The van der Waals surface area contributed by atoms with Gasteiger partial charge >= 0.3 is 12.2 Å². The van der Waals surface area contributed by atoms with Crippen LogP contribution in [-0.2, 0) is 28.2 Å². The van der Waals surface area contributed by atoms with Crippen molar-refractivity contribution in [1.82, 2.24) is 5.32 Å². The molecule has 3 N–H and O–H groups in total. The van der Waals surface area contributed by atoms with E-state index in [1.807, 2.05) is 0 Å². The number of hydrogen-bond acceptors (Lipinski definition) is 4. The maximum Gasteiger partial charge on any atom is 0.417 e. The largest absolute Gasteiger partial charge is 0.466 e. The molecule has 1 heterocycles. The number of nitrogens with zero attached hydrogens (tertiary/aromatic N) is 1. The first kappa shape index (κ1) is 27.7. The first-order valence-corrected chi connectivity index (χ1v) is 14.3. The van der Waals surface area contributed by atoms with Gasteiger partial charge in [-0.2, -0.15) is 13.2 Å². The standard InChI is InChI=1S/C29H28F3N3O4S/c1-2-39-21-8-11-23(24(16-21)29(30,31)32)20-7-12-26-25(15-20)28(13-3-4-14-28)18-35(26)27(36)34-17-19-5-9-22(10-6-19)40(33,37)38/h2,5-12,15-16H,1,3-4,13-14,17-18H2,(H,34,36)(H2,33,37,38). The summed E-state index contributed by atoms with van der Waals surface area (Å²) in [6, 6.07) is 14.5. The zero-order chi connectivity index (χ0) is 28.7. The molecule has 1 aliphatic heterocycles. The van der Waals surface area contributed by atoms with Crippen LogP contribution in [0.3, 0.4) is 0 Å². The van der Waals surface area contributed by atoms with E-state index in [1.165, 1.54) is 24.3 Å². The molecule has 5 rings (SSSR count). The van der Waals surface area contributed by atoms with E-state index in [1.54, 1.807) is 35.2 Å². The monoisotopic (exact) mass is 571 g/mol. The number of hydrogen-bond donors (Lipinski definition) is 2. The van der Waals surface area contributed by atoms with E-state index in [-0.39, 0.29) is 34.2 Å². The summed E-state index contributed by atoms with van der Waals surface area (Å²) in [5.41, 5.74) is 1.54. The molecule has 2 aliphatic rings. The molecule has 210 valence electrons. The summed E-state index contributed by atoms with van der Waals surface area (Å²) < 4.78 is 70.1. The highest BCUT2D eigenvalue weighted by molar-refractivity contribution is 7.89. The SMILES string of the molecule is C=COc1ccc(-c2ccc3c(c2)C2(CCCC2)CN3C(=O)NCc2ccc(S(N)(=O)=O)cc2)c(C(F)(F)F)c1. The Balaban J connectivity index is 1.45. The maximum atomic E-state index is 14.0. The van der Waals surface area contributed by atoms with Crippen molar-refractivity contribution < 1.29 is 31.1 Å². The van der Waals surface area contributed by atoms with Crippen molar-refractivity contribution in [2.45, 2.75) is 48.7 Å². The second-order valence-corrected chi connectivity index (χ2v) is 11.7. The van der Waals surface area contributed by atoms with Gasteiger partial charge in [0.1, 0.15) is 5.75 Å². The molecule has 0 radical (unpaired) electrons. The Kier molecular flexibility index (Phi) is 7.13. The molecule has 0 atom stereocenters. The highest BCUT2D eigenvalue weighted by Gasteiger charge is 2.46. The van der Waals surface area contributed by atoms with E-state index in [9.17, 15) is 26.4 Å². The minimum Gasteiger partial charge on any atom is -0.466 e. The van der Waals surface area contributed by atoms with Crippen LogP contribution in [0.4, 0.5) is 23.7 Å². The lowest BCUT2D eigenvalue weighted by Crippen LogP contribution is -2.41. The summed E-state index contributed by atoms with van der Waals surface area (Å²) in [6.45, 7) is 4.00. The van der Waals surface area contributed by atoms with Crippen LogP contribution >= 0.6 is 0 Å². The van der Waals surface area contributed by atoms with E-state index >= 15 is 0 Å². The molecule has 0 unspecified atom stereocenters. The summed E-state index contributed by atoms with van der Waals surface area (Å²) in [5.74, 6) is 0.0432. The molecule has 0 bridgehead atoms. The quantitative estimate of drug-likeness (QED) is 0.350. The molecule has 1 aliphatic carbocycles. The number of ether oxygens (including phenoxy) is 1. The van der Waals surface area contributed by atoms with Gasteiger partial charge in [-0.25, -0.2) is 18.4 Å². The third-order valence-electron chi connectivity index (χ3n) is 7.65. The van der Waals surface area contributed by atoms with Crippen LogP contribution in [-0.4, -0.2) is 21.0 Å². The number of carbonyl (C=O) groups is 1. The van der Waals surface area contributed by atoms with E-state index in [2.05, 4.69) is 11.9 Å². The first-order valence-electron chi connectivity index (χ1n) is 12.7. The van der Waals surface area contributed by atoms with Crippen molar-refractivity contribution in [3.8, 4) is 16.9 Å². The number of urea groups is 1. The van der Waals surface area contributed by atoms with Crippen LogP contribution in [0, 0.1) is 0 Å². The third-order valence-corrected chi connectivity index (χ3v) is 8.58. The van der Waals surface area contributed by atoms with Crippen LogP contribution in [0.2, 0.25) is 0 Å². The number of alkyl halides is 3. The number of amides is 2. The van der Waals surface area contributed by atoms with Crippen molar-refractivity contribution in [3.05, 3.63) is 90.2 Å². The number of nitrogens with one attached hydrogen (secondary N) is 1. The third kappa shape index (κ3) is 5.31. The van der Waals surface area contributed by atoms with Gasteiger partial charge < -0.3 is 10.1 Å². The summed E-state index contributed by atoms with van der Waals surface area (Å²) in [6.07, 6.45) is 0.0842. The molecule has 3 aromatic rings. The number of fused-ring (bicyclic) bond motifs is 2. The Morgan fingerprint density at radius 1 is 1.07 bits per heavy atom. The molecule has 2 amide bonds. The lowest BCUT2D eigenvalue weighted by atomic mass is 9.79. The second-order valence-electron chi connectivity index (χ2n) is 10.1. The molecule has 11 heteroatoms. The normalized spacial score (nSPS) is 16.1. The van der Waals surface area contributed by atoms with Gasteiger partial charge in [0.25, 0.3) is 0 Å². The van der Waals surface area contributed by atoms with Gasteiger partial charge in [-0.3, -0.25) is 4.90 Å². The highest BCUT2D eigenvalue weighted by Crippen LogP contribution is 2.52. The predicted octanol–water partition coefficient (Wildman–Crippen LogP) is 6.08. The lowest BCUT2D eigenvalue weighted by Gasteiger charge is -2.25. The average molecular weight is 572 g/mol. The summed E-state index contributed by atoms with van der Waals surface area (Å²) in [5, 5.41) is 8.02. The van der Waals surface area contributed by atoms with Crippen molar-refractivity contribution >= 4 is 21.7 Å². The average Bonchev–Trinajstić information content (AvgIpc) is 3.52. The van der Waals surface area contributed by atoms with E-state index in [0.29, 0.717) is 23.4 Å². The number of primary sulfonamides is 1. The Bertz CT molecular complexity index is 1560. The predicted molar refractivity (Wildman–Crippen MR) is 145 cm³/mol. The van der Waals surface area contributed by atoms with Crippen molar-refractivity contribution in [1.29, 1.82) is 0 Å². The van der Waals surface area contributed by atoms with Crippen LogP contribution in [0.1, 0.15) is 42.4 Å². The zero-order valence-electron chi connectivity index (χ0n) is 21.5. The van der Waals surface area contributed by atoms with Crippen LogP contribution in [0.15, 0.2) is 78.4 Å². The number of anilines is 1. The molecule has 1 saturated carbocycles. The van der Waals surface area contributed by atoms with Gasteiger partial charge in [0.2, 0.25) is 10.0 Å². The fourth-order valence-electron chi connectivity index (χ4n) is 5.75. The van der Waals surface area contributed by atoms with Gasteiger partial charge in [0.15, 0.2) is 0 Å². The lowest BCUT2D eigenvalue weighted by molar-refractivity contribution is -0.137. The van der Waals surface area contributed by atoms with Crippen molar-refractivity contribution in [2.75, 3.05) is 11.4 Å². The maximum absolute atomic E-state index is 14.0. The summed E-state index contributed by atoms with van der Waals surface area (Å²) in [7, 11) is -3.82. The molecule has 0 saturated heterocycles. The summed E-state index contributed by atoms with van der Waals surface area (Å²) in [4.78, 5) is 14.9.